The predicted octanol–water partition coefficient (Wildman–Crippen LogP) is 1.04. The lowest BCUT2D eigenvalue weighted by molar-refractivity contribution is 0.0420. The third kappa shape index (κ3) is 7.37. The Morgan fingerprint density at radius 3 is 2.85 bits per heavy atom. The highest BCUT2D eigenvalue weighted by Crippen LogP contribution is 2.25. The van der Waals surface area contributed by atoms with Gasteiger partial charge in [0.15, 0.2) is 5.96 Å². The van der Waals surface area contributed by atoms with Crippen molar-refractivity contribution in [1.82, 2.24) is 15.4 Å². The quantitative estimate of drug-likeness (QED) is 0.295. The molecule has 1 saturated heterocycles. The highest BCUT2D eigenvalue weighted by Gasteiger charge is 2.16. The lowest BCUT2D eigenvalue weighted by Crippen LogP contribution is -2.41. The van der Waals surface area contributed by atoms with Crippen LogP contribution in [-0.2, 0) is 19.5 Å². The van der Waals surface area contributed by atoms with E-state index in [1.54, 1.807) is 13.1 Å². The van der Waals surface area contributed by atoms with Crippen LogP contribution in [0.5, 0.6) is 0 Å². The topological polar surface area (TPSA) is 101 Å². The zero-order valence-electron chi connectivity index (χ0n) is 14.7. The lowest BCUT2D eigenvalue weighted by atomic mass is 10.3. The number of hydrogen-bond donors (Lipinski definition) is 3. The van der Waals surface area contributed by atoms with Crippen molar-refractivity contribution in [1.29, 1.82) is 0 Å². The first-order valence-corrected chi connectivity index (χ1v) is 11.1. The van der Waals surface area contributed by atoms with E-state index in [4.69, 9.17) is 21.1 Å². The van der Waals surface area contributed by atoms with Gasteiger partial charge in [0.2, 0.25) is 10.0 Å². The van der Waals surface area contributed by atoms with Gasteiger partial charge in [-0.2, -0.15) is 0 Å². The van der Waals surface area contributed by atoms with Crippen LogP contribution in [0.25, 0.3) is 0 Å². The van der Waals surface area contributed by atoms with E-state index in [1.165, 1.54) is 6.07 Å². The molecule has 26 heavy (non-hydrogen) atoms. The molecule has 3 N–H and O–H groups in total. The standard InChI is InChI=1S/C15H25ClN4O4S2/c1-17-15(18-6-2-9-24-12-5-10-23-11-12)19-7-8-20-26(21,22)14-4-3-13(16)25-14/h3-4,12,20H,2,5-11H2,1H3,(H2,17,18,19). The Morgan fingerprint density at radius 1 is 1.38 bits per heavy atom. The van der Waals surface area contributed by atoms with Gasteiger partial charge >= 0.3 is 0 Å². The zero-order chi connectivity index (χ0) is 18.8. The van der Waals surface area contributed by atoms with E-state index in [-0.39, 0.29) is 16.9 Å². The molecule has 1 fully saturated rings. The van der Waals surface area contributed by atoms with Crippen LogP contribution in [0, 0.1) is 0 Å². The predicted molar refractivity (Wildman–Crippen MR) is 104 cm³/mol. The first-order chi connectivity index (χ1) is 12.5. The first-order valence-electron chi connectivity index (χ1n) is 8.40. The largest absolute Gasteiger partial charge is 0.379 e. The molecule has 1 aliphatic heterocycles. The third-order valence-corrected chi connectivity index (χ3v) is 6.79. The number of ether oxygens (including phenoxy) is 2. The second-order valence-electron chi connectivity index (χ2n) is 5.59. The zero-order valence-corrected chi connectivity index (χ0v) is 17.1. The minimum Gasteiger partial charge on any atom is -0.379 e. The van der Waals surface area contributed by atoms with Gasteiger partial charge in [0.05, 0.1) is 17.0 Å². The van der Waals surface area contributed by atoms with Crippen molar-refractivity contribution in [3.8, 4) is 0 Å². The minimum absolute atomic E-state index is 0.206. The molecule has 0 saturated carbocycles. The van der Waals surface area contributed by atoms with Crippen LogP contribution in [-0.4, -0.2) is 67.0 Å². The number of nitrogens with zero attached hydrogens (tertiary/aromatic N) is 1. The fourth-order valence-electron chi connectivity index (χ4n) is 2.27. The highest BCUT2D eigenvalue weighted by molar-refractivity contribution is 7.91. The van der Waals surface area contributed by atoms with Crippen molar-refractivity contribution in [2.24, 2.45) is 4.99 Å². The van der Waals surface area contributed by atoms with Gasteiger partial charge in [0.1, 0.15) is 4.21 Å². The second-order valence-corrected chi connectivity index (χ2v) is 9.30. The average molecular weight is 425 g/mol. The highest BCUT2D eigenvalue weighted by atomic mass is 35.5. The number of nitrogens with one attached hydrogen (secondary N) is 3. The van der Waals surface area contributed by atoms with Crippen LogP contribution >= 0.6 is 22.9 Å². The van der Waals surface area contributed by atoms with Gasteiger partial charge in [0.25, 0.3) is 0 Å². The van der Waals surface area contributed by atoms with Crippen molar-refractivity contribution < 1.29 is 17.9 Å². The molecule has 0 bridgehead atoms. The minimum atomic E-state index is -3.52. The van der Waals surface area contributed by atoms with E-state index in [1.807, 2.05) is 0 Å². The van der Waals surface area contributed by atoms with Crippen molar-refractivity contribution in [2.45, 2.75) is 23.2 Å². The number of thiophene rings is 1. The smallest absolute Gasteiger partial charge is 0.250 e. The monoisotopic (exact) mass is 424 g/mol. The number of guanidine groups is 1. The van der Waals surface area contributed by atoms with Crippen LogP contribution in [0.3, 0.4) is 0 Å². The Balaban J connectivity index is 1.56. The van der Waals surface area contributed by atoms with E-state index in [0.29, 0.717) is 36.6 Å². The first kappa shape index (κ1) is 21.4. The average Bonchev–Trinajstić information content (AvgIpc) is 3.28. The number of aliphatic imine (C=N–C) groups is 1. The molecular formula is C15H25ClN4O4S2. The number of hydrogen-bond acceptors (Lipinski definition) is 6. The summed E-state index contributed by atoms with van der Waals surface area (Å²) in [5.41, 5.74) is 0. The van der Waals surface area contributed by atoms with Gasteiger partial charge in [0, 0.05) is 39.9 Å². The lowest BCUT2D eigenvalue weighted by Gasteiger charge is -2.13. The van der Waals surface area contributed by atoms with E-state index in [0.717, 1.165) is 30.8 Å². The molecule has 1 aliphatic rings. The molecular weight excluding hydrogens is 400 g/mol. The van der Waals surface area contributed by atoms with Crippen LogP contribution in [0.4, 0.5) is 0 Å². The maximum Gasteiger partial charge on any atom is 0.250 e. The van der Waals surface area contributed by atoms with Crippen molar-refractivity contribution in [2.75, 3.05) is 46.5 Å². The summed E-state index contributed by atoms with van der Waals surface area (Å²) in [7, 11) is -1.85. The molecule has 11 heteroatoms. The van der Waals surface area contributed by atoms with Crippen LogP contribution < -0.4 is 15.4 Å². The van der Waals surface area contributed by atoms with Crippen molar-refractivity contribution >= 4 is 38.9 Å². The maximum atomic E-state index is 12.1. The van der Waals surface area contributed by atoms with Gasteiger partial charge < -0.3 is 20.1 Å². The summed E-state index contributed by atoms with van der Waals surface area (Å²) in [4.78, 5) is 4.10. The fraction of sp³-hybridized carbons (Fsp3) is 0.667. The van der Waals surface area contributed by atoms with Gasteiger partial charge in [-0.25, -0.2) is 13.1 Å². The van der Waals surface area contributed by atoms with Crippen LogP contribution in [0.2, 0.25) is 4.34 Å². The Labute approximate surface area is 163 Å². The molecule has 1 unspecified atom stereocenters. The number of halogens is 1. The molecule has 1 atom stereocenters. The Morgan fingerprint density at radius 2 is 2.19 bits per heavy atom. The molecule has 8 nitrogen and oxygen atoms in total. The third-order valence-electron chi connectivity index (χ3n) is 3.60. The van der Waals surface area contributed by atoms with E-state index in [2.05, 4.69) is 20.3 Å². The van der Waals surface area contributed by atoms with Gasteiger partial charge in [-0.05, 0) is 25.0 Å². The Hall–Kier alpha value is -0.910. The summed E-state index contributed by atoms with van der Waals surface area (Å²) < 4.78 is 38.2. The molecule has 148 valence electrons. The molecule has 0 radical (unpaired) electrons. The Kier molecular flexibility index (Phi) is 9.09. The summed E-state index contributed by atoms with van der Waals surface area (Å²) in [5, 5.41) is 6.22. The summed E-state index contributed by atoms with van der Waals surface area (Å²) in [6.45, 7) is 3.50. The Bertz CT molecular complexity index is 675. The van der Waals surface area contributed by atoms with Gasteiger partial charge in [-0.1, -0.05) is 11.6 Å². The fourth-order valence-corrected chi connectivity index (χ4v) is 4.83. The second kappa shape index (κ2) is 11.1. The number of rotatable bonds is 10. The molecule has 0 spiro atoms. The molecule has 2 rings (SSSR count). The van der Waals surface area contributed by atoms with E-state index in [9.17, 15) is 8.42 Å². The van der Waals surface area contributed by atoms with Gasteiger partial charge in [-0.15, -0.1) is 11.3 Å². The van der Waals surface area contributed by atoms with Crippen LogP contribution in [0.1, 0.15) is 12.8 Å². The summed E-state index contributed by atoms with van der Waals surface area (Å²) in [6.07, 6.45) is 2.03. The number of sulfonamides is 1. The van der Waals surface area contributed by atoms with E-state index >= 15 is 0 Å². The van der Waals surface area contributed by atoms with Gasteiger partial charge in [-0.3, -0.25) is 4.99 Å². The summed E-state index contributed by atoms with van der Waals surface area (Å²) in [6, 6.07) is 3.05. The molecule has 0 aliphatic carbocycles. The van der Waals surface area contributed by atoms with Crippen molar-refractivity contribution in [3.63, 3.8) is 0 Å². The molecule has 1 aromatic heterocycles. The molecule has 2 heterocycles. The molecule has 0 aromatic carbocycles. The molecule has 0 amide bonds. The SMILES string of the molecule is CN=C(NCCCOC1CCOC1)NCCNS(=O)(=O)c1ccc(Cl)s1. The van der Waals surface area contributed by atoms with Crippen LogP contribution in [0.15, 0.2) is 21.3 Å². The molecule has 1 aromatic rings. The summed E-state index contributed by atoms with van der Waals surface area (Å²) >= 11 is 6.80. The van der Waals surface area contributed by atoms with Crippen molar-refractivity contribution in [3.05, 3.63) is 16.5 Å². The maximum absolute atomic E-state index is 12.1. The van der Waals surface area contributed by atoms with E-state index < -0.39 is 10.0 Å². The normalized spacial score (nSPS) is 18.2. The summed E-state index contributed by atoms with van der Waals surface area (Å²) in [5.74, 6) is 0.618.